The van der Waals surface area contributed by atoms with Gasteiger partial charge in [-0.3, -0.25) is 4.79 Å². The fraction of sp³-hybridized carbons (Fsp3) is 0.292. The summed E-state index contributed by atoms with van der Waals surface area (Å²) in [7, 11) is 0. The van der Waals surface area contributed by atoms with Crippen molar-refractivity contribution < 1.29 is 14.3 Å². The summed E-state index contributed by atoms with van der Waals surface area (Å²) in [6.45, 7) is 5.86. The van der Waals surface area contributed by atoms with E-state index in [0.717, 1.165) is 16.9 Å². The molecule has 1 unspecified atom stereocenters. The average Bonchev–Trinajstić information content (AvgIpc) is 3.23. The number of fused-ring (bicyclic) bond motifs is 1. The van der Waals surface area contributed by atoms with Gasteiger partial charge >= 0.3 is 0 Å². The molecule has 7 nitrogen and oxygen atoms in total. The van der Waals surface area contributed by atoms with E-state index >= 15 is 0 Å². The first-order valence-electron chi connectivity index (χ1n) is 10.4. The van der Waals surface area contributed by atoms with Gasteiger partial charge in [0.1, 0.15) is 18.9 Å². The summed E-state index contributed by atoms with van der Waals surface area (Å²) >= 11 is 0. The van der Waals surface area contributed by atoms with Crippen molar-refractivity contribution in [1.82, 2.24) is 20.3 Å². The Bertz CT molecular complexity index is 1060. The molecule has 7 heteroatoms. The van der Waals surface area contributed by atoms with E-state index in [1.807, 2.05) is 54.7 Å². The van der Waals surface area contributed by atoms with E-state index in [1.54, 1.807) is 10.8 Å². The average molecular weight is 418 g/mol. The third-order valence-electron chi connectivity index (χ3n) is 5.04. The molecule has 2 aromatic carbocycles. The number of carbonyl (C=O) groups is 1. The lowest BCUT2D eigenvalue weighted by atomic mass is 9.95. The monoisotopic (exact) mass is 418 g/mol. The summed E-state index contributed by atoms with van der Waals surface area (Å²) in [6, 6.07) is 15.7. The maximum atomic E-state index is 12.6. The van der Waals surface area contributed by atoms with Crippen LogP contribution in [0.25, 0.3) is 6.08 Å². The topological polar surface area (TPSA) is 78.3 Å². The molecule has 0 bridgehead atoms. The summed E-state index contributed by atoms with van der Waals surface area (Å²) < 4.78 is 13.0. The highest BCUT2D eigenvalue weighted by atomic mass is 16.6. The van der Waals surface area contributed by atoms with Crippen molar-refractivity contribution in [3.8, 4) is 11.5 Å². The molecule has 1 atom stereocenters. The van der Waals surface area contributed by atoms with E-state index in [-0.39, 0.29) is 17.9 Å². The molecule has 0 saturated carbocycles. The van der Waals surface area contributed by atoms with Gasteiger partial charge in [0, 0.05) is 6.08 Å². The van der Waals surface area contributed by atoms with Crippen LogP contribution in [-0.2, 0) is 11.3 Å². The van der Waals surface area contributed by atoms with Crippen molar-refractivity contribution >= 4 is 12.0 Å². The number of ether oxygens (including phenoxy) is 2. The van der Waals surface area contributed by atoms with Gasteiger partial charge in [-0.25, -0.2) is 4.68 Å². The Morgan fingerprint density at radius 2 is 1.90 bits per heavy atom. The van der Waals surface area contributed by atoms with E-state index in [4.69, 9.17) is 9.47 Å². The molecule has 0 aliphatic carbocycles. The molecular formula is C24H26N4O3. The second-order valence-electron chi connectivity index (χ2n) is 7.79. The molecule has 4 rings (SSSR count). The number of carbonyl (C=O) groups excluding carboxylic acids is 1. The van der Waals surface area contributed by atoms with Crippen molar-refractivity contribution in [3.05, 3.63) is 77.6 Å². The number of rotatable bonds is 7. The van der Waals surface area contributed by atoms with Gasteiger partial charge in [0.25, 0.3) is 0 Å². The van der Waals surface area contributed by atoms with Gasteiger partial charge in [-0.05, 0) is 35.3 Å². The van der Waals surface area contributed by atoms with Gasteiger partial charge in [0.05, 0.1) is 18.8 Å². The largest absolute Gasteiger partial charge is 0.486 e. The van der Waals surface area contributed by atoms with Crippen LogP contribution in [0.3, 0.4) is 0 Å². The molecule has 31 heavy (non-hydrogen) atoms. The van der Waals surface area contributed by atoms with Crippen molar-refractivity contribution in [2.24, 2.45) is 5.92 Å². The number of nitrogens with zero attached hydrogens (tertiary/aromatic N) is 3. The zero-order chi connectivity index (χ0) is 21.6. The molecule has 0 saturated heterocycles. The van der Waals surface area contributed by atoms with Gasteiger partial charge < -0.3 is 14.8 Å². The Morgan fingerprint density at radius 1 is 1.13 bits per heavy atom. The highest BCUT2D eigenvalue weighted by molar-refractivity contribution is 5.91. The summed E-state index contributed by atoms with van der Waals surface area (Å²) in [5.74, 6) is 1.47. The molecule has 160 valence electrons. The predicted octanol–water partition coefficient (Wildman–Crippen LogP) is 3.62. The summed E-state index contributed by atoms with van der Waals surface area (Å²) in [5, 5.41) is 11.3. The first-order valence-corrected chi connectivity index (χ1v) is 10.4. The van der Waals surface area contributed by atoms with Crippen LogP contribution >= 0.6 is 0 Å². The maximum absolute atomic E-state index is 12.6. The number of amides is 1. The number of aromatic nitrogens is 3. The minimum Gasteiger partial charge on any atom is -0.486 e. The number of benzene rings is 2. The molecule has 1 aliphatic rings. The van der Waals surface area contributed by atoms with E-state index in [1.165, 1.54) is 6.08 Å². The minimum absolute atomic E-state index is 0.151. The third kappa shape index (κ3) is 5.31. The van der Waals surface area contributed by atoms with Gasteiger partial charge in [-0.15, -0.1) is 5.10 Å². The van der Waals surface area contributed by atoms with Crippen molar-refractivity contribution in [1.29, 1.82) is 0 Å². The van der Waals surface area contributed by atoms with Crippen LogP contribution in [0.2, 0.25) is 0 Å². The normalized spacial score (nSPS) is 14.0. The lowest BCUT2D eigenvalue weighted by Crippen LogP contribution is -2.30. The van der Waals surface area contributed by atoms with Crippen LogP contribution in [0.5, 0.6) is 11.5 Å². The first kappa shape index (κ1) is 20.7. The summed E-state index contributed by atoms with van der Waals surface area (Å²) in [4.78, 5) is 12.6. The number of nitrogens with one attached hydrogen (secondary N) is 1. The van der Waals surface area contributed by atoms with Crippen LogP contribution in [0, 0.1) is 5.92 Å². The van der Waals surface area contributed by atoms with Crippen LogP contribution < -0.4 is 14.8 Å². The lowest BCUT2D eigenvalue weighted by molar-refractivity contribution is -0.117. The van der Waals surface area contributed by atoms with Crippen LogP contribution in [0.15, 0.2) is 60.8 Å². The van der Waals surface area contributed by atoms with Gasteiger partial charge in [-0.1, -0.05) is 55.5 Å². The quantitative estimate of drug-likeness (QED) is 0.593. The third-order valence-corrected chi connectivity index (χ3v) is 5.04. The van der Waals surface area contributed by atoms with Crippen LogP contribution in [0.4, 0.5) is 0 Å². The van der Waals surface area contributed by atoms with Crippen molar-refractivity contribution in [2.75, 3.05) is 13.2 Å². The standard InChI is InChI=1S/C24H26N4O3/c1-17(2)24(19-8-10-21-22(14-19)31-13-12-30-21)25-23(29)11-9-20-16-28(27-26-20)15-18-6-4-3-5-7-18/h3-11,14,16-17,24H,12-13,15H2,1-2H3,(H,25,29)/b11-9+. The Balaban J connectivity index is 1.40. The molecule has 1 aliphatic heterocycles. The molecule has 0 spiro atoms. The molecule has 2 heterocycles. The number of hydrogen-bond donors (Lipinski definition) is 1. The molecule has 1 amide bonds. The smallest absolute Gasteiger partial charge is 0.244 e. The zero-order valence-electron chi connectivity index (χ0n) is 17.7. The summed E-state index contributed by atoms with van der Waals surface area (Å²) in [5.41, 5.74) is 2.75. The Labute approximate surface area is 181 Å². The first-order chi connectivity index (χ1) is 15.1. The second kappa shape index (κ2) is 9.47. The SMILES string of the molecule is CC(C)C(NC(=O)/C=C/c1cn(Cc2ccccc2)nn1)c1ccc2c(c1)OCCO2. The maximum Gasteiger partial charge on any atom is 0.244 e. The van der Waals surface area contributed by atoms with Gasteiger partial charge in [0.15, 0.2) is 11.5 Å². The molecule has 1 aromatic heterocycles. The summed E-state index contributed by atoms with van der Waals surface area (Å²) in [6.07, 6.45) is 4.98. The van der Waals surface area contributed by atoms with Crippen LogP contribution in [-0.4, -0.2) is 34.1 Å². The van der Waals surface area contributed by atoms with E-state index < -0.39 is 0 Å². The molecule has 0 fully saturated rings. The molecule has 0 radical (unpaired) electrons. The molecule has 1 N–H and O–H groups in total. The molecule has 3 aromatic rings. The lowest BCUT2D eigenvalue weighted by Gasteiger charge is -2.25. The van der Waals surface area contributed by atoms with E-state index in [2.05, 4.69) is 29.5 Å². The van der Waals surface area contributed by atoms with Crippen molar-refractivity contribution in [3.63, 3.8) is 0 Å². The minimum atomic E-state index is -0.189. The van der Waals surface area contributed by atoms with E-state index in [9.17, 15) is 4.79 Å². The van der Waals surface area contributed by atoms with Gasteiger partial charge in [-0.2, -0.15) is 0 Å². The Kier molecular flexibility index (Phi) is 6.31. The Hall–Kier alpha value is -3.61. The second-order valence-corrected chi connectivity index (χ2v) is 7.79. The zero-order valence-corrected chi connectivity index (χ0v) is 17.7. The number of hydrogen-bond acceptors (Lipinski definition) is 5. The Morgan fingerprint density at radius 3 is 2.68 bits per heavy atom. The van der Waals surface area contributed by atoms with Crippen molar-refractivity contribution in [2.45, 2.75) is 26.4 Å². The highest BCUT2D eigenvalue weighted by Gasteiger charge is 2.20. The fourth-order valence-corrected chi connectivity index (χ4v) is 3.49. The fourth-order valence-electron chi connectivity index (χ4n) is 3.49. The van der Waals surface area contributed by atoms with Crippen LogP contribution in [0.1, 0.15) is 36.7 Å². The highest BCUT2D eigenvalue weighted by Crippen LogP contribution is 2.34. The molecular weight excluding hydrogens is 392 g/mol. The van der Waals surface area contributed by atoms with Gasteiger partial charge in [0.2, 0.25) is 5.91 Å². The van der Waals surface area contributed by atoms with E-state index in [0.29, 0.717) is 31.2 Å². The predicted molar refractivity (Wildman–Crippen MR) is 118 cm³/mol.